The number of anilines is 1. The van der Waals surface area contributed by atoms with E-state index in [1.807, 2.05) is 0 Å². The Balaban J connectivity index is 2.23. The molecule has 1 atom stereocenters. The summed E-state index contributed by atoms with van der Waals surface area (Å²) in [6, 6.07) is 0.334. The summed E-state index contributed by atoms with van der Waals surface area (Å²) in [4.78, 5) is 21.0. The summed E-state index contributed by atoms with van der Waals surface area (Å²) in [6.45, 7) is 8.26. The molecule has 1 aromatic heterocycles. The molecule has 6 nitrogen and oxygen atoms in total. The van der Waals surface area contributed by atoms with Gasteiger partial charge >= 0.3 is 0 Å². The summed E-state index contributed by atoms with van der Waals surface area (Å²) in [5.74, 6) is 0.960. The number of aromatic nitrogens is 2. The highest BCUT2D eigenvalue weighted by Crippen LogP contribution is 2.28. The Hall–Kier alpha value is -1.56. The predicted molar refractivity (Wildman–Crippen MR) is 84.2 cm³/mol. The summed E-state index contributed by atoms with van der Waals surface area (Å²) in [6.07, 6.45) is 4.87. The van der Waals surface area contributed by atoms with Crippen LogP contribution in [-0.2, 0) is 0 Å². The van der Waals surface area contributed by atoms with Crippen molar-refractivity contribution in [3.05, 3.63) is 16.7 Å². The number of methoxy groups -OCH3 is 1. The van der Waals surface area contributed by atoms with Crippen molar-refractivity contribution in [2.75, 3.05) is 25.1 Å². The summed E-state index contributed by atoms with van der Waals surface area (Å²) < 4.78 is 5.25. The van der Waals surface area contributed by atoms with E-state index in [2.05, 4.69) is 41.0 Å². The van der Waals surface area contributed by atoms with Crippen molar-refractivity contribution in [3.8, 4) is 5.75 Å². The predicted octanol–water partition coefficient (Wildman–Crippen LogP) is 1.53. The Bertz CT molecular complexity index is 521. The molecule has 2 heterocycles. The zero-order chi connectivity index (χ0) is 15.5. The maximum absolute atomic E-state index is 11.9. The molecule has 0 amide bonds. The van der Waals surface area contributed by atoms with Crippen LogP contribution in [0.15, 0.2) is 11.1 Å². The van der Waals surface area contributed by atoms with Gasteiger partial charge in [-0.2, -0.15) is 0 Å². The second-order valence-corrected chi connectivity index (χ2v) is 6.56. The molecule has 21 heavy (non-hydrogen) atoms. The van der Waals surface area contributed by atoms with Crippen molar-refractivity contribution in [2.45, 2.75) is 51.6 Å². The van der Waals surface area contributed by atoms with E-state index in [4.69, 9.17) is 4.74 Å². The van der Waals surface area contributed by atoms with E-state index in [9.17, 15) is 4.79 Å². The van der Waals surface area contributed by atoms with Crippen LogP contribution < -0.4 is 20.5 Å². The van der Waals surface area contributed by atoms with Crippen LogP contribution in [-0.4, -0.2) is 41.7 Å². The normalized spacial score (nSPS) is 19.6. The third-order valence-electron chi connectivity index (χ3n) is 3.76. The van der Waals surface area contributed by atoms with Gasteiger partial charge in [0, 0.05) is 24.7 Å². The molecule has 1 unspecified atom stereocenters. The highest BCUT2D eigenvalue weighted by molar-refractivity contribution is 5.52. The molecule has 118 valence electrons. The highest BCUT2D eigenvalue weighted by atomic mass is 16.5. The first-order chi connectivity index (χ1) is 9.92. The van der Waals surface area contributed by atoms with Gasteiger partial charge in [-0.05, 0) is 40.0 Å². The van der Waals surface area contributed by atoms with Crippen LogP contribution in [0.3, 0.4) is 0 Å². The smallest absolute Gasteiger partial charge is 0.295 e. The lowest BCUT2D eigenvalue weighted by Crippen LogP contribution is -2.50. The van der Waals surface area contributed by atoms with Gasteiger partial charge in [-0.3, -0.25) is 4.79 Å². The standard InChI is InChI=1S/C15H26N4O2/c1-15(2,3)18-9-11-7-5-6-8-19(11)13-12(21-4)14(20)17-10-16-13/h10-11,18H,5-9H2,1-4H3,(H,16,17,20). The van der Waals surface area contributed by atoms with Gasteiger partial charge in [0.15, 0.2) is 5.82 Å². The topological polar surface area (TPSA) is 70.2 Å². The molecule has 1 fully saturated rings. The fraction of sp³-hybridized carbons (Fsp3) is 0.733. The van der Waals surface area contributed by atoms with E-state index in [0.29, 0.717) is 17.6 Å². The van der Waals surface area contributed by atoms with Gasteiger partial charge in [-0.25, -0.2) is 4.98 Å². The van der Waals surface area contributed by atoms with Crippen LogP contribution in [0, 0.1) is 0 Å². The van der Waals surface area contributed by atoms with Crippen LogP contribution in [0.2, 0.25) is 0 Å². The summed E-state index contributed by atoms with van der Waals surface area (Å²) in [5.41, 5.74) is -0.148. The molecule has 0 bridgehead atoms. The number of hydrogen-bond donors (Lipinski definition) is 2. The Kier molecular flexibility index (Phi) is 4.88. The molecule has 1 aliphatic rings. The van der Waals surface area contributed by atoms with Gasteiger partial charge in [0.05, 0.1) is 13.4 Å². The van der Waals surface area contributed by atoms with E-state index in [1.54, 1.807) is 0 Å². The van der Waals surface area contributed by atoms with Crippen LogP contribution in [0.4, 0.5) is 5.82 Å². The SMILES string of the molecule is COc1c(N2CCCCC2CNC(C)(C)C)nc[nH]c1=O. The molecule has 0 radical (unpaired) electrons. The maximum Gasteiger partial charge on any atom is 0.295 e. The Morgan fingerprint density at radius 2 is 2.24 bits per heavy atom. The van der Waals surface area contributed by atoms with Crippen LogP contribution >= 0.6 is 0 Å². The zero-order valence-electron chi connectivity index (χ0n) is 13.4. The quantitative estimate of drug-likeness (QED) is 0.881. The van der Waals surface area contributed by atoms with Gasteiger partial charge < -0.3 is 19.9 Å². The van der Waals surface area contributed by atoms with Crippen molar-refractivity contribution in [1.29, 1.82) is 0 Å². The molecule has 1 aromatic rings. The average Bonchev–Trinajstić information content (AvgIpc) is 2.44. The molecule has 0 aliphatic carbocycles. The molecule has 6 heteroatoms. The number of ether oxygens (including phenoxy) is 1. The molecular weight excluding hydrogens is 268 g/mol. The second-order valence-electron chi connectivity index (χ2n) is 6.56. The highest BCUT2D eigenvalue weighted by Gasteiger charge is 2.27. The molecule has 2 N–H and O–H groups in total. The van der Waals surface area contributed by atoms with Crippen LogP contribution in [0.5, 0.6) is 5.75 Å². The third kappa shape index (κ3) is 3.97. The van der Waals surface area contributed by atoms with Crippen molar-refractivity contribution >= 4 is 5.82 Å². The summed E-state index contributed by atoms with van der Waals surface area (Å²) in [7, 11) is 1.52. The first kappa shape index (κ1) is 15.8. The zero-order valence-corrected chi connectivity index (χ0v) is 13.4. The molecule has 0 spiro atoms. The molecule has 0 saturated carbocycles. The molecule has 1 saturated heterocycles. The monoisotopic (exact) mass is 294 g/mol. The number of aromatic amines is 1. The average molecular weight is 294 g/mol. The Labute approximate surface area is 125 Å². The van der Waals surface area contributed by atoms with Crippen molar-refractivity contribution < 1.29 is 4.74 Å². The van der Waals surface area contributed by atoms with Gasteiger partial charge in [-0.1, -0.05) is 0 Å². The fourth-order valence-electron chi connectivity index (χ4n) is 2.68. The number of piperidine rings is 1. The van der Waals surface area contributed by atoms with Gasteiger partial charge in [0.2, 0.25) is 5.75 Å². The number of H-pyrrole nitrogens is 1. The van der Waals surface area contributed by atoms with Crippen LogP contribution in [0.1, 0.15) is 40.0 Å². The van der Waals surface area contributed by atoms with E-state index < -0.39 is 0 Å². The largest absolute Gasteiger partial charge is 0.489 e. The summed E-state index contributed by atoms with van der Waals surface area (Å²) >= 11 is 0. The lowest BCUT2D eigenvalue weighted by molar-refractivity contribution is 0.358. The summed E-state index contributed by atoms with van der Waals surface area (Å²) in [5, 5.41) is 3.55. The molecular formula is C15H26N4O2. The minimum atomic E-state index is -0.226. The first-order valence-electron chi connectivity index (χ1n) is 7.56. The Morgan fingerprint density at radius 3 is 2.90 bits per heavy atom. The lowest BCUT2D eigenvalue weighted by Gasteiger charge is -2.38. The van der Waals surface area contributed by atoms with Gasteiger partial charge in [-0.15, -0.1) is 0 Å². The molecule has 2 rings (SSSR count). The number of nitrogens with one attached hydrogen (secondary N) is 2. The lowest BCUT2D eigenvalue weighted by atomic mass is 10.0. The van der Waals surface area contributed by atoms with E-state index in [0.717, 1.165) is 25.9 Å². The number of hydrogen-bond acceptors (Lipinski definition) is 5. The fourth-order valence-corrected chi connectivity index (χ4v) is 2.68. The minimum absolute atomic E-state index is 0.0782. The van der Waals surface area contributed by atoms with Crippen LogP contribution in [0.25, 0.3) is 0 Å². The first-order valence-corrected chi connectivity index (χ1v) is 7.56. The number of rotatable bonds is 4. The second kappa shape index (κ2) is 6.47. The third-order valence-corrected chi connectivity index (χ3v) is 3.76. The van der Waals surface area contributed by atoms with Crippen molar-refractivity contribution in [2.24, 2.45) is 0 Å². The number of nitrogens with zero attached hydrogens (tertiary/aromatic N) is 2. The van der Waals surface area contributed by atoms with E-state index >= 15 is 0 Å². The van der Waals surface area contributed by atoms with Crippen molar-refractivity contribution in [1.82, 2.24) is 15.3 Å². The van der Waals surface area contributed by atoms with Crippen molar-refractivity contribution in [3.63, 3.8) is 0 Å². The Morgan fingerprint density at radius 1 is 1.48 bits per heavy atom. The maximum atomic E-state index is 11.9. The minimum Gasteiger partial charge on any atom is -0.489 e. The van der Waals surface area contributed by atoms with Gasteiger partial charge in [0.25, 0.3) is 5.56 Å². The van der Waals surface area contributed by atoms with Gasteiger partial charge in [0.1, 0.15) is 0 Å². The van der Waals surface area contributed by atoms with E-state index in [-0.39, 0.29) is 11.1 Å². The molecule has 0 aromatic carbocycles. The van der Waals surface area contributed by atoms with E-state index in [1.165, 1.54) is 19.9 Å². The molecule has 1 aliphatic heterocycles.